The first-order valence-electron chi connectivity index (χ1n) is 3.84. The molecule has 2 rings (SSSR count). The number of fused-ring (bicyclic) bond motifs is 1. The molecule has 0 fully saturated rings. The van der Waals surface area contributed by atoms with Gasteiger partial charge in [0.1, 0.15) is 6.29 Å². The van der Waals surface area contributed by atoms with E-state index in [4.69, 9.17) is 0 Å². The molecule has 1 N–H and O–H groups in total. The second-order valence-corrected chi connectivity index (χ2v) is 3.13. The van der Waals surface area contributed by atoms with Crippen LogP contribution in [0.1, 0.15) is 6.42 Å². The summed E-state index contributed by atoms with van der Waals surface area (Å²) in [5.74, 6) is 0.442. The predicted molar refractivity (Wildman–Crippen MR) is 40.9 cm³/mol. The Kier molecular flexibility index (Phi) is 1.43. The zero-order chi connectivity index (χ0) is 7.84. The zero-order valence-corrected chi connectivity index (χ0v) is 6.10. The number of carbonyl (C=O) groups excluding carboxylic acids is 1. The highest BCUT2D eigenvalue weighted by atomic mass is 16.3. The maximum Gasteiger partial charge on any atom is 0.146 e. The van der Waals surface area contributed by atoms with Crippen LogP contribution in [-0.2, 0) is 4.79 Å². The molecule has 0 aliphatic heterocycles. The fourth-order valence-electron chi connectivity index (χ4n) is 1.93. The Morgan fingerprint density at radius 2 is 2.45 bits per heavy atom. The van der Waals surface area contributed by atoms with Crippen molar-refractivity contribution in [2.45, 2.75) is 12.5 Å². The Hall–Kier alpha value is -0.890. The summed E-state index contributed by atoms with van der Waals surface area (Å²) in [6.07, 6.45) is 7.07. The number of hydrogen-bond donors (Lipinski definition) is 1. The third-order valence-corrected chi connectivity index (χ3v) is 2.54. The van der Waals surface area contributed by atoms with Crippen LogP contribution in [0.4, 0.5) is 0 Å². The van der Waals surface area contributed by atoms with Gasteiger partial charge in [-0.2, -0.15) is 0 Å². The third-order valence-electron chi connectivity index (χ3n) is 2.54. The van der Waals surface area contributed by atoms with E-state index in [1.165, 1.54) is 0 Å². The SMILES string of the molecule is O=CC1=C[C@@H](O)[C@@H]2CC=C[C@H]12. The highest BCUT2D eigenvalue weighted by Crippen LogP contribution is 2.38. The summed E-state index contributed by atoms with van der Waals surface area (Å²) in [5, 5.41) is 9.43. The predicted octanol–water partition coefficient (Wildman–Crippen LogP) is 0.678. The average molecular weight is 150 g/mol. The average Bonchev–Trinajstić information content (AvgIpc) is 2.54. The highest BCUT2D eigenvalue weighted by molar-refractivity contribution is 5.76. The van der Waals surface area contributed by atoms with Crippen molar-refractivity contribution in [3.05, 3.63) is 23.8 Å². The third kappa shape index (κ3) is 0.862. The summed E-state index contributed by atoms with van der Waals surface area (Å²) in [5.41, 5.74) is 0.747. The molecule has 0 amide bonds. The van der Waals surface area contributed by atoms with E-state index in [0.29, 0.717) is 0 Å². The molecule has 3 atom stereocenters. The van der Waals surface area contributed by atoms with E-state index >= 15 is 0 Å². The van der Waals surface area contributed by atoms with Gasteiger partial charge in [0.05, 0.1) is 6.10 Å². The minimum Gasteiger partial charge on any atom is -0.389 e. The van der Waals surface area contributed by atoms with E-state index in [0.717, 1.165) is 18.3 Å². The molecule has 2 aliphatic rings. The Balaban J connectivity index is 2.29. The van der Waals surface area contributed by atoms with Gasteiger partial charge in [0.25, 0.3) is 0 Å². The van der Waals surface area contributed by atoms with E-state index in [2.05, 4.69) is 0 Å². The van der Waals surface area contributed by atoms with Gasteiger partial charge in [-0.25, -0.2) is 0 Å². The number of aldehydes is 1. The molecule has 58 valence electrons. The Morgan fingerprint density at radius 3 is 3.18 bits per heavy atom. The minimum atomic E-state index is -0.407. The molecule has 0 aromatic carbocycles. The van der Waals surface area contributed by atoms with E-state index in [-0.39, 0.29) is 11.8 Å². The van der Waals surface area contributed by atoms with E-state index in [1.807, 2.05) is 12.2 Å². The Morgan fingerprint density at radius 1 is 1.64 bits per heavy atom. The zero-order valence-electron chi connectivity index (χ0n) is 6.10. The lowest BCUT2D eigenvalue weighted by Gasteiger charge is -2.12. The molecule has 2 aliphatic carbocycles. The number of hydrogen-bond acceptors (Lipinski definition) is 2. The maximum atomic E-state index is 10.5. The molecule has 0 radical (unpaired) electrons. The van der Waals surface area contributed by atoms with Crippen LogP contribution in [0.15, 0.2) is 23.8 Å². The standard InChI is InChI=1S/C9H10O2/c10-5-6-4-9(11)8-3-1-2-7(6)8/h1-2,4-5,7-9,11H,3H2/t7-,8-,9-/m1/s1. The summed E-state index contributed by atoms with van der Waals surface area (Å²) in [6.45, 7) is 0. The Bertz CT molecular complexity index is 240. The molecule has 11 heavy (non-hydrogen) atoms. The molecular formula is C9H10O2. The van der Waals surface area contributed by atoms with Crippen LogP contribution in [0.25, 0.3) is 0 Å². The van der Waals surface area contributed by atoms with Crippen LogP contribution in [0, 0.1) is 11.8 Å². The number of aliphatic hydroxyl groups excluding tert-OH is 1. The fraction of sp³-hybridized carbons (Fsp3) is 0.444. The summed E-state index contributed by atoms with van der Waals surface area (Å²) in [4.78, 5) is 10.5. The minimum absolute atomic E-state index is 0.197. The number of carbonyl (C=O) groups is 1. The van der Waals surface area contributed by atoms with Crippen molar-refractivity contribution in [3.63, 3.8) is 0 Å². The quantitative estimate of drug-likeness (QED) is 0.441. The van der Waals surface area contributed by atoms with Crippen LogP contribution >= 0.6 is 0 Å². The molecular weight excluding hydrogens is 140 g/mol. The second-order valence-electron chi connectivity index (χ2n) is 3.13. The second kappa shape index (κ2) is 2.31. The van der Waals surface area contributed by atoms with Gasteiger partial charge in [0.2, 0.25) is 0 Å². The Labute approximate surface area is 65.2 Å². The molecule has 0 heterocycles. The van der Waals surface area contributed by atoms with Crippen molar-refractivity contribution in [1.82, 2.24) is 0 Å². The van der Waals surface area contributed by atoms with Crippen molar-refractivity contribution in [3.8, 4) is 0 Å². The van der Waals surface area contributed by atoms with Crippen molar-refractivity contribution in [1.29, 1.82) is 0 Å². The van der Waals surface area contributed by atoms with Crippen LogP contribution in [-0.4, -0.2) is 17.5 Å². The molecule has 2 nitrogen and oxygen atoms in total. The summed E-state index contributed by atoms with van der Waals surface area (Å²) >= 11 is 0. The monoisotopic (exact) mass is 150 g/mol. The lowest BCUT2D eigenvalue weighted by Crippen LogP contribution is -2.15. The van der Waals surface area contributed by atoms with Crippen molar-refractivity contribution < 1.29 is 9.90 Å². The van der Waals surface area contributed by atoms with Crippen LogP contribution in [0.3, 0.4) is 0 Å². The van der Waals surface area contributed by atoms with Crippen molar-refractivity contribution in [2.75, 3.05) is 0 Å². The summed E-state index contributed by atoms with van der Waals surface area (Å²) in [7, 11) is 0. The van der Waals surface area contributed by atoms with Gasteiger partial charge in [-0.05, 0) is 18.1 Å². The first-order valence-corrected chi connectivity index (χ1v) is 3.84. The maximum absolute atomic E-state index is 10.5. The van der Waals surface area contributed by atoms with Gasteiger partial charge in [-0.1, -0.05) is 12.2 Å². The molecule has 0 bridgehead atoms. The van der Waals surface area contributed by atoms with Crippen LogP contribution in [0.2, 0.25) is 0 Å². The normalized spacial score (nSPS) is 40.5. The fourth-order valence-corrected chi connectivity index (χ4v) is 1.93. The van der Waals surface area contributed by atoms with Gasteiger partial charge in [0, 0.05) is 11.8 Å². The first kappa shape index (κ1) is 6.80. The summed E-state index contributed by atoms with van der Waals surface area (Å²) < 4.78 is 0. The molecule has 0 aromatic rings. The van der Waals surface area contributed by atoms with Gasteiger partial charge >= 0.3 is 0 Å². The largest absolute Gasteiger partial charge is 0.389 e. The van der Waals surface area contributed by atoms with Crippen molar-refractivity contribution >= 4 is 6.29 Å². The number of rotatable bonds is 1. The van der Waals surface area contributed by atoms with E-state index in [9.17, 15) is 9.90 Å². The van der Waals surface area contributed by atoms with Gasteiger partial charge in [-0.15, -0.1) is 0 Å². The lowest BCUT2D eigenvalue weighted by molar-refractivity contribution is -0.105. The molecule has 2 heteroatoms. The van der Waals surface area contributed by atoms with E-state index < -0.39 is 6.10 Å². The van der Waals surface area contributed by atoms with Gasteiger partial charge in [-0.3, -0.25) is 4.79 Å². The lowest BCUT2D eigenvalue weighted by atomic mass is 9.94. The highest BCUT2D eigenvalue weighted by Gasteiger charge is 2.36. The first-order chi connectivity index (χ1) is 5.33. The molecule has 0 aromatic heterocycles. The smallest absolute Gasteiger partial charge is 0.146 e. The molecule has 0 spiro atoms. The molecule has 0 saturated carbocycles. The number of aliphatic hydroxyl groups is 1. The number of allylic oxidation sites excluding steroid dienone is 3. The van der Waals surface area contributed by atoms with Crippen molar-refractivity contribution in [2.24, 2.45) is 11.8 Å². The van der Waals surface area contributed by atoms with Crippen LogP contribution in [0.5, 0.6) is 0 Å². The van der Waals surface area contributed by atoms with Gasteiger partial charge < -0.3 is 5.11 Å². The topological polar surface area (TPSA) is 37.3 Å². The van der Waals surface area contributed by atoms with Gasteiger partial charge in [0.15, 0.2) is 0 Å². The molecule has 0 unspecified atom stereocenters. The van der Waals surface area contributed by atoms with E-state index in [1.54, 1.807) is 6.08 Å². The van der Waals surface area contributed by atoms with Crippen LogP contribution < -0.4 is 0 Å². The molecule has 0 saturated heterocycles. The summed E-state index contributed by atoms with van der Waals surface area (Å²) in [6, 6.07) is 0.